The molecule has 1 heterocycles. The van der Waals surface area contributed by atoms with Gasteiger partial charge >= 0.3 is 5.97 Å². The van der Waals surface area contributed by atoms with E-state index in [0.29, 0.717) is 12.2 Å². The number of rotatable bonds is 3. The molecule has 0 spiro atoms. The van der Waals surface area contributed by atoms with E-state index < -0.39 is 5.97 Å². The molecule has 4 heteroatoms. The van der Waals surface area contributed by atoms with Crippen LogP contribution in [0.2, 0.25) is 0 Å². The molecule has 0 radical (unpaired) electrons. The Labute approximate surface area is 83.1 Å². The van der Waals surface area contributed by atoms with Crippen molar-refractivity contribution in [2.75, 3.05) is 0 Å². The van der Waals surface area contributed by atoms with Crippen LogP contribution in [0, 0.1) is 0 Å². The Morgan fingerprint density at radius 2 is 2.29 bits per heavy atom. The minimum Gasteiger partial charge on any atom is -0.458 e. The third kappa shape index (κ3) is 2.81. The molecule has 4 nitrogen and oxygen atoms in total. The van der Waals surface area contributed by atoms with E-state index in [1.807, 2.05) is 0 Å². The average molecular weight is 194 g/mol. The van der Waals surface area contributed by atoms with Crippen molar-refractivity contribution in [3.8, 4) is 0 Å². The first-order valence-corrected chi connectivity index (χ1v) is 4.49. The molecular weight excluding hydrogens is 180 g/mol. The minimum atomic E-state index is -0.399. The van der Waals surface area contributed by atoms with Crippen molar-refractivity contribution < 1.29 is 9.53 Å². The predicted octanol–water partition coefficient (Wildman–Crippen LogP) is 1.11. The molecule has 2 N–H and O–H groups in total. The zero-order valence-electron chi connectivity index (χ0n) is 8.36. The molecule has 0 fully saturated rings. The van der Waals surface area contributed by atoms with Gasteiger partial charge < -0.3 is 10.5 Å². The molecule has 1 rings (SSSR count). The number of ether oxygens (including phenoxy) is 1. The van der Waals surface area contributed by atoms with Crippen molar-refractivity contribution in [1.29, 1.82) is 0 Å². The number of esters is 1. The number of nitrogens with zero attached hydrogens (tertiary/aromatic N) is 1. The maximum atomic E-state index is 11.3. The second-order valence-corrected chi connectivity index (χ2v) is 3.21. The Morgan fingerprint density at radius 3 is 2.71 bits per heavy atom. The molecule has 0 saturated carbocycles. The van der Waals surface area contributed by atoms with Gasteiger partial charge in [0, 0.05) is 12.7 Å². The van der Waals surface area contributed by atoms with Gasteiger partial charge in [-0.15, -0.1) is 0 Å². The minimum absolute atomic E-state index is 0.126. The van der Waals surface area contributed by atoms with Crippen molar-refractivity contribution in [3.05, 3.63) is 29.6 Å². The van der Waals surface area contributed by atoms with Crippen LogP contribution < -0.4 is 5.73 Å². The quantitative estimate of drug-likeness (QED) is 0.732. The first-order valence-electron chi connectivity index (χ1n) is 4.49. The molecule has 0 saturated heterocycles. The lowest BCUT2D eigenvalue weighted by Crippen LogP contribution is -2.13. The SMILES string of the molecule is CC(C)OC(=O)c1ccc(CN)cn1. The number of hydrogen-bond acceptors (Lipinski definition) is 4. The van der Waals surface area contributed by atoms with Gasteiger partial charge in [0.2, 0.25) is 0 Å². The molecule has 1 aromatic heterocycles. The van der Waals surface area contributed by atoms with Gasteiger partial charge in [-0.3, -0.25) is 0 Å². The van der Waals surface area contributed by atoms with Gasteiger partial charge in [-0.2, -0.15) is 0 Å². The van der Waals surface area contributed by atoms with Crippen LogP contribution in [0.3, 0.4) is 0 Å². The molecule has 1 aromatic rings. The maximum absolute atomic E-state index is 11.3. The van der Waals surface area contributed by atoms with E-state index in [1.54, 1.807) is 32.2 Å². The Balaban J connectivity index is 2.71. The fourth-order valence-corrected chi connectivity index (χ4v) is 0.940. The van der Waals surface area contributed by atoms with Crippen molar-refractivity contribution in [1.82, 2.24) is 4.98 Å². The van der Waals surface area contributed by atoms with Crippen LogP contribution in [-0.2, 0) is 11.3 Å². The largest absolute Gasteiger partial charge is 0.458 e. The van der Waals surface area contributed by atoms with Crippen LogP contribution in [-0.4, -0.2) is 17.1 Å². The number of pyridine rings is 1. The fraction of sp³-hybridized carbons (Fsp3) is 0.400. The van der Waals surface area contributed by atoms with Crippen LogP contribution in [0.4, 0.5) is 0 Å². The van der Waals surface area contributed by atoms with Gasteiger partial charge in [0.25, 0.3) is 0 Å². The predicted molar refractivity (Wildman–Crippen MR) is 52.7 cm³/mol. The van der Waals surface area contributed by atoms with Crippen LogP contribution in [0.1, 0.15) is 29.9 Å². The van der Waals surface area contributed by atoms with Gasteiger partial charge in [0.1, 0.15) is 5.69 Å². The van der Waals surface area contributed by atoms with Crippen molar-refractivity contribution in [3.63, 3.8) is 0 Å². The normalized spacial score (nSPS) is 10.3. The summed E-state index contributed by atoms with van der Waals surface area (Å²) < 4.78 is 4.98. The van der Waals surface area contributed by atoms with E-state index >= 15 is 0 Å². The van der Waals surface area contributed by atoms with Gasteiger partial charge in [0.05, 0.1) is 6.10 Å². The summed E-state index contributed by atoms with van der Waals surface area (Å²) in [6.45, 7) is 4.02. The lowest BCUT2D eigenvalue weighted by molar-refractivity contribution is 0.0371. The lowest BCUT2D eigenvalue weighted by Gasteiger charge is -2.06. The van der Waals surface area contributed by atoms with E-state index in [4.69, 9.17) is 10.5 Å². The van der Waals surface area contributed by atoms with Crippen molar-refractivity contribution in [2.24, 2.45) is 5.73 Å². The van der Waals surface area contributed by atoms with E-state index in [9.17, 15) is 4.79 Å². The zero-order valence-corrected chi connectivity index (χ0v) is 8.36. The maximum Gasteiger partial charge on any atom is 0.357 e. The second-order valence-electron chi connectivity index (χ2n) is 3.21. The van der Waals surface area contributed by atoms with Gasteiger partial charge in [-0.25, -0.2) is 9.78 Å². The first kappa shape index (κ1) is 10.7. The van der Waals surface area contributed by atoms with Crippen molar-refractivity contribution in [2.45, 2.75) is 26.5 Å². The number of carbonyl (C=O) groups is 1. The van der Waals surface area contributed by atoms with Crippen LogP contribution >= 0.6 is 0 Å². The topological polar surface area (TPSA) is 65.2 Å². The molecule has 0 aliphatic rings. The molecule has 0 aromatic carbocycles. The highest BCUT2D eigenvalue weighted by Gasteiger charge is 2.09. The van der Waals surface area contributed by atoms with Gasteiger partial charge in [-0.1, -0.05) is 6.07 Å². The monoisotopic (exact) mass is 194 g/mol. The highest BCUT2D eigenvalue weighted by atomic mass is 16.5. The Hall–Kier alpha value is -1.42. The van der Waals surface area contributed by atoms with Crippen LogP contribution in [0.25, 0.3) is 0 Å². The van der Waals surface area contributed by atoms with Gasteiger partial charge in [0.15, 0.2) is 0 Å². The summed E-state index contributed by atoms with van der Waals surface area (Å²) in [6, 6.07) is 3.39. The molecule has 0 bridgehead atoms. The summed E-state index contributed by atoms with van der Waals surface area (Å²) in [6.07, 6.45) is 1.45. The molecule has 76 valence electrons. The van der Waals surface area contributed by atoms with Gasteiger partial charge in [-0.05, 0) is 25.5 Å². The summed E-state index contributed by atoms with van der Waals surface area (Å²) in [4.78, 5) is 15.3. The molecule has 0 aliphatic heterocycles. The van der Waals surface area contributed by atoms with E-state index in [0.717, 1.165) is 5.56 Å². The third-order valence-electron chi connectivity index (χ3n) is 1.61. The van der Waals surface area contributed by atoms with Crippen LogP contribution in [0.5, 0.6) is 0 Å². The van der Waals surface area contributed by atoms with E-state index in [1.165, 1.54) is 0 Å². The number of carbonyl (C=O) groups excluding carboxylic acids is 1. The number of nitrogens with two attached hydrogens (primary N) is 1. The second kappa shape index (κ2) is 4.72. The Morgan fingerprint density at radius 1 is 1.57 bits per heavy atom. The molecule has 0 unspecified atom stereocenters. The van der Waals surface area contributed by atoms with E-state index in [2.05, 4.69) is 4.98 Å². The number of hydrogen-bond donors (Lipinski definition) is 1. The fourth-order valence-electron chi connectivity index (χ4n) is 0.940. The van der Waals surface area contributed by atoms with Crippen LogP contribution in [0.15, 0.2) is 18.3 Å². The van der Waals surface area contributed by atoms with E-state index in [-0.39, 0.29) is 6.10 Å². The molecule has 14 heavy (non-hydrogen) atoms. The molecular formula is C10H14N2O2. The summed E-state index contributed by atoms with van der Waals surface area (Å²) in [7, 11) is 0. The Bertz CT molecular complexity index is 306. The molecule has 0 aliphatic carbocycles. The highest BCUT2D eigenvalue weighted by molar-refractivity contribution is 5.87. The highest BCUT2D eigenvalue weighted by Crippen LogP contribution is 2.02. The van der Waals surface area contributed by atoms with Crippen molar-refractivity contribution >= 4 is 5.97 Å². The summed E-state index contributed by atoms with van der Waals surface area (Å²) in [5, 5.41) is 0. The molecule has 0 amide bonds. The average Bonchev–Trinajstić information content (AvgIpc) is 2.17. The summed E-state index contributed by atoms with van der Waals surface area (Å²) >= 11 is 0. The standard InChI is InChI=1S/C10H14N2O2/c1-7(2)14-10(13)9-4-3-8(5-11)6-12-9/h3-4,6-7H,5,11H2,1-2H3. The summed E-state index contributed by atoms with van der Waals surface area (Å²) in [5.74, 6) is -0.399. The molecule has 0 atom stereocenters. The number of aromatic nitrogens is 1. The Kier molecular flexibility index (Phi) is 3.59. The lowest BCUT2D eigenvalue weighted by atomic mass is 10.2. The first-order chi connectivity index (χ1) is 6.63. The zero-order chi connectivity index (χ0) is 10.6. The smallest absolute Gasteiger partial charge is 0.357 e. The summed E-state index contributed by atoms with van der Waals surface area (Å²) in [5.41, 5.74) is 6.61. The third-order valence-corrected chi connectivity index (χ3v) is 1.61.